The molecule has 0 unspecified atom stereocenters. The number of benzene rings is 4. The first-order chi connectivity index (χ1) is 20.0. The Labute approximate surface area is 240 Å². The van der Waals surface area contributed by atoms with E-state index >= 15 is 0 Å². The summed E-state index contributed by atoms with van der Waals surface area (Å²) >= 11 is 0. The number of amides is 3. The Kier molecular flexibility index (Phi) is 8.63. The van der Waals surface area contributed by atoms with Crippen LogP contribution >= 0.6 is 0 Å². The number of hydrogen-bond donors (Lipinski definition) is 1. The van der Waals surface area contributed by atoms with Gasteiger partial charge in [-0.05, 0) is 54.1 Å². The van der Waals surface area contributed by atoms with Gasteiger partial charge in [0.15, 0.2) is 0 Å². The highest BCUT2D eigenvalue weighted by molar-refractivity contribution is 6.25. The van der Waals surface area contributed by atoms with E-state index < -0.39 is 6.04 Å². The van der Waals surface area contributed by atoms with Crippen LogP contribution < -0.4 is 15.0 Å². The van der Waals surface area contributed by atoms with E-state index in [2.05, 4.69) is 5.32 Å². The van der Waals surface area contributed by atoms with E-state index in [4.69, 9.17) is 4.74 Å². The van der Waals surface area contributed by atoms with Gasteiger partial charge in [0.05, 0.1) is 12.8 Å². The van der Waals surface area contributed by atoms with Crippen LogP contribution in [0.4, 0.5) is 5.69 Å². The Balaban J connectivity index is 1.37. The van der Waals surface area contributed by atoms with Gasteiger partial charge in [0.2, 0.25) is 11.8 Å². The van der Waals surface area contributed by atoms with Crippen LogP contribution in [-0.2, 0) is 22.6 Å². The summed E-state index contributed by atoms with van der Waals surface area (Å²) in [5.74, 6) is 0.322. The second kappa shape index (κ2) is 12.7. The Morgan fingerprint density at radius 1 is 0.927 bits per heavy atom. The minimum atomic E-state index is -0.692. The molecule has 1 heterocycles. The van der Waals surface area contributed by atoms with Crippen LogP contribution in [0.15, 0.2) is 91.0 Å². The molecule has 4 aromatic carbocycles. The van der Waals surface area contributed by atoms with Crippen molar-refractivity contribution in [2.45, 2.75) is 38.8 Å². The minimum Gasteiger partial charge on any atom is -0.497 e. The number of carbonyl (C=O) groups excluding carboxylic acids is 3. The molecule has 0 aromatic heterocycles. The van der Waals surface area contributed by atoms with Gasteiger partial charge in [0, 0.05) is 43.4 Å². The number of carbonyl (C=O) groups is 3. The number of ether oxygens (including phenoxy) is 1. The molecule has 0 aliphatic carbocycles. The average molecular weight is 550 g/mol. The van der Waals surface area contributed by atoms with Crippen molar-refractivity contribution in [1.82, 2.24) is 10.2 Å². The lowest BCUT2D eigenvalue weighted by Gasteiger charge is -2.32. The third kappa shape index (κ3) is 6.09. The first kappa shape index (κ1) is 27.9. The third-order valence-electron chi connectivity index (χ3n) is 7.53. The van der Waals surface area contributed by atoms with Crippen LogP contribution in [0.1, 0.15) is 41.3 Å². The predicted octanol–water partition coefficient (Wildman–Crippen LogP) is 5.37. The van der Waals surface area contributed by atoms with Crippen molar-refractivity contribution >= 4 is 34.2 Å². The van der Waals surface area contributed by atoms with E-state index in [-0.39, 0.29) is 30.7 Å². The summed E-state index contributed by atoms with van der Waals surface area (Å²) in [5, 5.41) is 4.92. The van der Waals surface area contributed by atoms with E-state index in [1.54, 1.807) is 16.9 Å². The number of rotatable bonds is 12. The van der Waals surface area contributed by atoms with Gasteiger partial charge in [-0.1, -0.05) is 66.7 Å². The lowest BCUT2D eigenvalue weighted by molar-refractivity contribution is -0.141. The summed E-state index contributed by atoms with van der Waals surface area (Å²) in [6, 6.07) is 28.3. The van der Waals surface area contributed by atoms with Crippen LogP contribution in [0.25, 0.3) is 10.8 Å². The van der Waals surface area contributed by atoms with Crippen LogP contribution in [0.2, 0.25) is 0 Å². The molecular weight excluding hydrogens is 514 g/mol. The van der Waals surface area contributed by atoms with E-state index in [0.29, 0.717) is 37.2 Å². The first-order valence-electron chi connectivity index (χ1n) is 14.1. The lowest BCUT2D eigenvalue weighted by atomic mass is 10.0. The zero-order chi connectivity index (χ0) is 28.8. The summed E-state index contributed by atoms with van der Waals surface area (Å²) in [6.45, 7) is 3.01. The molecule has 1 aliphatic heterocycles. The number of likely N-dealkylation sites (N-methyl/N-ethyl adjacent to an activating group) is 1. The van der Waals surface area contributed by atoms with Crippen molar-refractivity contribution in [3.05, 3.63) is 108 Å². The molecule has 0 fully saturated rings. The Bertz CT molecular complexity index is 1550. The number of hydrogen-bond acceptors (Lipinski definition) is 4. The van der Waals surface area contributed by atoms with Crippen molar-refractivity contribution in [1.29, 1.82) is 0 Å². The molecule has 0 saturated heterocycles. The second-order valence-corrected chi connectivity index (χ2v) is 10.2. The fourth-order valence-electron chi connectivity index (χ4n) is 5.55. The zero-order valence-electron chi connectivity index (χ0n) is 23.5. The molecule has 0 bridgehead atoms. The second-order valence-electron chi connectivity index (χ2n) is 10.2. The van der Waals surface area contributed by atoms with E-state index in [1.807, 2.05) is 97.9 Å². The topological polar surface area (TPSA) is 79.0 Å². The maximum absolute atomic E-state index is 13.9. The molecule has 3 amide bonds. The largest absolute Gasteiger partial charge is 0.497 e. The van der Waals surface area contributed by atoms with Gasteiger partial charge in [-0.25, -0.2) is 0 Å². The van der Waals surface area contributed by atoms with Crippen LogP contribution in [-0.4, -0.2) is 48.9 Å². The molecule has 1 N–H and O–H groups in total. The zero-order valence-corrected chi connectivity index (χ0v) is 23.5. The first-order valence-corrected chi connectivity index (χ1v) is 14.1. The molecular formula is C34H35N3O4. The van der Waals surface area contributed by atoms with Gasteiger partial charge in [-0.3, -0.25) is 14.4 Å². The van der Waals surface area contributed by atoms with Gasteiger partial charge in [-0.2, -0.15) is 0 Å². The average Bonchev–Trinajstić information content (AvgIpc) is 3.27. The SMILES string of the molecule is CCNC(=O)[C@@H](Cc1ccccc1)N(Cc1cccc(OC)c1)C(=O)CCCN1C(=O)c2cccc3cccc1c23. The standard InChI is InChI=1S/C34H35N3O4/c1-3-35-33(39)30(22-24-11-5-4-6-12-24)37(23-25-13-7-16-27(21-25)41-2)31(38)19-10-20-36-29-18-9-15-26-14-8-17-28(32(26)29)34(36)40/h4-9,11-18,21,30H,3,10,19-20,22-23H2,1-2H3,(H,35,39)/t30-/m1/s1. The fraction of sp³-hybridized carbons (Fsp3) is 0.265. The lowest BCUT2D eigenvalue weighted by Crippen LogP contribution is -2.50. The molecule has 1 atom stereocenters. The van der Waals surface area contributed by atoms with Gasteiger partial charge in [0.25, 0.3) is 5.91 Å². The Hall–Kier alpha value is -4.65. The third-order valence-corrected chi connectivity index (χ3v) is 7.53. The quantitative estimate of drug-likeness (QED) is 0.258. The summed E-state index contributed by atoms with van der Waals surface area (Å²) in [4.78, 5) is 44.0. The maximum Gasteiger partial charge on any atom is 0.258 e. The molecule has 0 saturated carbocycles. The highest BCUT2D eigenvalue weighted by Crippen LogP contribution is 2.37. The molecule has 0 radical (unpaired) electrons. The predicted molar refractivity (Wildman–Crippen MR) is 161 cm³/mol. The molecule has 4 aromatic rings. The minimum absolute atomic E-state index is 0.0400. The molecule has 5 rings (SSSR count). The molecule has 41 heavy (non-hydrogen) atoms. The monoisotopic (exact) mass is 549 g/mol. The smallest absolute Gasteiger partial charge is 0.258 e. The molecule has 0 spiro atoms. The van der Waals surface area contributed by atoms with Gasteiger partial charge >= 0.3 is 0 Å². The molecule has 1 aliphatic rings. The van der Waals surface area contributed by atoms with E-state index in [9.17, 15) is 14.4 Å². The van der Waals surface area contributed by atoms with E-state index in [0.717, 1.165) is 27.6 Å². The van der Waals surface area contributed by atoms with Crippen LogP contribution in [0.5, 0.6) is 5.75 Å². The summed E-state index contributed by atoms with van der Waals surface area (Å²) in [6.07, 6.45) is 1.06. The highest BCUT2D eigenvalue weighted by atomic mass is 16.5. The molecule has 7 heteroatoms. The van der Waals surface area contributed by atoms with Crippen LogP contribution in [0.3, 0.4) is 0 Å². The summed E-state index contributed by atoms with van der Waals surface area (Å²) in [7, 11) is 1.60. The van der Waals surface area contributed by atoms with Crippen molar-refractivity contribution in [2.75, 3.05) is 25.1 Å². The van der Waals surface area contributed by atoms with Crippen molar-refractivity contribution in [3.63, 3.8) is 0 Å². The Morgan fingerprint density at radius 3 is 2.41 bits per heavy atom. The van der Waals surface area contributed by atoms with Crippen molar-refractivity contribution in [2.24, 2.45) is 0 Å². The van der Waals surface area contributed by atoms with E-state index in [1.165, 1.54) is 0 Å². The number of methoxy groups -OCH3 is 1. The van der Waals surface area contributed by atoms with Gasteiger partial charge in [-0.15, -0.1) is 0 Å². The van der Waals surface area contributed by atoms with Gasteiger partial charge in [0.1, 0.15) is 11.8 Å². The summed E-state index contributed by atoms with van der Waals surface area (Å²) in [5.41, 5.74) is 3.42. The summed E-state index contributed by atoms with van der Waals surface area (Å²) < 4.78 is 5.40. The maximum atomic E-state index is 13.9. The molecule has 7 nitrogen and oxygen atoms in total. The van der Waals surface area contributed by atoms with Crippen molar-refractivity contribution < 1.29 is 19.1 Å². The molecule has 210 valence electrons. The van der Waals surface area contributed by atoms with Crippen molar-refractivity contribution in [3.8, 4) is 5.75 Å². The van der Waals surface area contributed by atoms with Crippen LogP contribution in [0, 0.1) is 0 Å². The number of anilines is 1. The Morgan fingerprint density at radius 2 is 1.66 bits per heavy atom. The fourth-order valence-corrected chi connectivity index (χ4v) is 5.55. The number of nitrogens with one attached hydrogen (secondary N) is 1. The normalized spacial score (nSPS) is 12.8. The van der Waals surface area contributed by atoms with Gasteiger partial charge < -0.3 is 19.9 Å². The highest BCUT2D eigenvalue weighted by Gasteiger charge is 2.32. The number of nitrogens with zero attached hydrogens (tertiary/aromatic N) is 2.